The number of aryl methyl sites for hydroxylation is 1. The second-order valence-corrected chi connectivity index (χ2v) is 5.45. The lowest BCUT2D eigenvalue weighted by atomic mass is 9.94. The lowest BCUT2D eigenvalue weighted by Crippen LogP contribution is -2.27. The average molecular weight is 261 g/mol. The van der Waals surface area contributed by atoms with Crippen molar-refractivity contribution in [2.75, 3.05) is 18.5 Å². The highest BCUT2D eigenvalue weighted by atomic mass is 16.4. The van der Waals surface area contributed by atoms with E-state index in [4.69, 9.17) is 4.42 Å². The first kappa shape index (κ1) is 13.5. The van der Waals surface area contributed by atoms with Gasteiger partial charge < -0.3 is 14.8 Å². The van der Waals surface area contributed by atoms with Gasteiger partial charge in [0.1, 0.15) is 0 Å². The van der Waals surface area contributed by atoms with E-state index in [2.05, 4.69) is 15.5 Å². The summed E-state index contributed by atoms with van der Waals surface area (Å²) in [5.41, 5.74) is 2.87. The number of aliphatic hydroxyl groups is 1. The summed E-state index contributed by atoms with van der Waals surface area (Å²) >= 11 is 0. The molecule has 0 aliphatic heterocycles. The number of anilines is 1. The number of hydrogen-bond donors (Lipinski definition) is 2. The molecule has 5 heteroatoms. The molecule has 1 heterocycles. The van der Waals surface area contributed by atoms with Crippen LogP contribution in [0.25, 0.3) is 11.5 Å². The molecule has 1 aromatic carbocycles. The van der Waals surface area contributed by atoms with E-state index < -0.39 is 0 Å². The van der Waals surface area contributed by atoms with Crippen LogP contribution in [0.5, 0.6) is 0 Å². The van der Waals surface area contributed by atoms with E-state index in [0.29, 0.717) is 12.4 Å². The lowest BCUT2D eigenvalue weighted by molar-refractivity contribution is 0.171. The van der Waals surface area contributed by atoms with Crippen molar-refractivity contribution in [3.05, 3.63) is 30.2 Å². The summed E-state index contributed by atoms with van der Waals surface area (Å²) in [7, 11) is 0. The van der Waals surface area contributed by atoms with Gasteiger partial charge in [-0.3, -0.25) is 0 Å². The molecule has 0 radical (unpaired) electrons. The molecule has 0 saturated heterocycles. The molecular formula is C14H19N3O2. The highest BCUT2D eigenvalue weighted by Gasteiger charge is 2.16. The Morgan fingerprint density at radius 2 is 2.16 bits per heavy atom. The van der Waals surface area contributed by atoms with E-state index in [9.17, 15) is 5.11 Å². The monoisotopic (exact) mass is 261 g/mol. The smallest absolute Gasteiger partial charge is 0.247 e. The lowest BCUT2D eigenvalue weighted by Gasteiger charge is -2.23. The third-order valence-electron chi connectivity index (χ3n) is 3.03. The van der Waals surface area contributed by atoms with Crippen LogP contribution in [-0.4, -0.2) is 28.5 Å². The minimum absolute atomic E-state index is 0.141. The molecular weight excluding hydrogens is 242 g/mol. The first-order chi connectivity index (χ1) is 9.02. The van der Waals surface area contributed by atoms with E-state index in [1.807, 2.05) is 39.0 Å². The Kier molecular flexibility index (Phi) is 3.85. The maximum Gasteiger partial charge on any atom is 0.247 e. The fourth-order valence-electron chi connectivity index (χ4n) is 1.63. The highest BCUT2D eigenvalue weighted by Crippen LogP contribution is 2.25. The first-order valence-electron chi connectivity index (χ1n) is 6.24. The van der Waals surface area contributed by atoms with Crippen molar-refractivity contribution < 1.29 is 9.52 Å². The molecule has 0 atom stereocenters. The molecule has 2 aromatic rings. The number of aromatic nitrogens is 2. The molecule has 102 valence electrons. The van der Waals surface area contributed by atoms with E-state index >= 15 is 0 Å². The molecule has 0 bridgehead atoms. The molecule has 0 aliphatic rings. The van der Waals surface area contributed by atoms with Gasteiger partial charge in [-0.1, -0.05) is 19.9 Å². The molecule has 0 aliphatic carbocycles. The van der Waals surface area contributed by atoms with Crippen molar-refractivity contribution in [1.82, 2.24) is 10.2 Å². The fraction of sp³-hybridized carbons (Fsp3) is 0.429. The van der Waals surface area contributed by atoms with Crippen LogP contribution in [0, 0.1) is 12.3 Å². The number of hydrogen-bond acceptors (Lipinski definition) is 5. The van der Waals surface area contributed by atoms with Crippen LogP contribution in [0.1, 0.15) is 19.4 Å². The Labute approximate surface area is 112 Å². The summed E-state index contributed by atoms with van der Waals surface area (Å²) in [6.45, 7) is 6.89. The van der Waals surface area contributed by atoms with E-state index in [0.717, 1.165) is 16.8 Å². The number of nitrogens with zero attached hydrogens (tertiary/aromatic N) is 2. The highest BCUT2D eigenvalue weighted by molar-refractivity contribution is 5.64. The number of benzene rings is 1. The summed E-state index contributed by atoms with van der Waals surface area (Å²) in [5.74, 6) is 0.504. The van der Waals surface area contributed by atoms with Gasteiger partial charge in [0.05, 0.1) is 0 Å². The normalized spacial score (nSPS) is 11.6. The number of nitrogens with one attached hydrogen (secondary N) is 1. The van der Waals surface area contributed by atoms with Crippen molar-refractivity contribution in [2.45, 2.75) is 20.8 Å². The summed E-state index contributed by atoms with van der Waals surface area (Å²) in [4.78, 5) is 0. The van der Waals surface area contributed by atoms with Gasteiger partial charge in [-0.05, 0) is 24.6 Å². The van der Waals surface area contributed by atoms with E-state index in [-0.39, 0.29) is 12.0 Å². The zero-order valence-corrected chi connectivity index (χ0v) is 11.5. The third kappa shape index (κ3) is 3.32. The summed E-state index contributed by atoms with van der Waals surface area (Å²) in [5, 5.41) is 20.2. The second-order valence-electron chi connectivity index (χ2n) is 5.45. The topological polar surface area (TPSA) is 71.2 Å². The largest absolute Gasteiger partial charge is 0.423 e. The summed E-state index contributed by atoms with van der Waals surface area (Å²) < 4.78 is 5.19. The van der Waals surface area contributed by atoms with Gasteiger partial charge in [0.2, 0.25) is 12.3 Å². The van der Waals surface area contributed by atoms with Crippen LogP contribution in [0.15, 0.2) is 29.0 Å². The summed E-state index contributed by atoms with van der Waals surface area (Å²) in [6.07, 6.45) is 1.32. The first-order valence-corrected chi connectivity index (χ1v) is 6.24. The maximum atomic E-state index is 9.27. The van der Waals surface area contributed by atoms with Gasteiger partial charge in [0.15, 0.2) is 0 Å². The van der Waals surface area contributed by atoms with Crippen molar-refractivity contribution in [2.24, 2.45) is 5.41 Å². The predicted molar refractivity (Wildman–Crippen MR) is 73.8 cm³/mol. The minimum Gasteiger partial charge on any atom is -0.423 e. The third-order valence-corrected chi connectivity index (χ3v) is 3.03. The van der Waals surface area contributed by atoms with E-state index in [1.54, 1.807) is 0 Å². The van der Waals surface area contributed by atoms with Crippen molar-refractivity contribution >= 4 is 5.69 Å². The van der Waals surface area contributed by atoms with Crippen molar-refractivity contribution in [3.8, 4) is 11.5 Å². The molecule has 5 nitrogen and oxygen atoms in total. The van der Waals surface area contributed by atoms with Gasteiger partial charge in [0.25, 0.3) is 0 Å². The quantitative estimate of drug-likeness (QED) is 0.865. The molecule has 19 heavy (non-hydrogen) atoms. The van der Waals surface area contributed by atoms with Crippen LogP contribution in [0.4, 0.5) is 5.69 Å². The molecule has 0 saturated carbocycles. The Morgan fingerprint density at radius 3 is 2.79 bits per heavy atom. The van der Waals surface area contributed by atoms with Gasteiger partial charge in [-0.15, -0.1) is 10.2 Å². The zero-order valence-electron chi connectivity index (χ0n) is 11.5. The van der Waals surface area contributed by atoms with Crippen LogP contribution in [0.3, 0.4) is 0 Å². The maximum absolute atomic E-state index is 9.27. The molecule has 0 unspecified atom stereocenters. The molecule has 1 aromatic heterocycles. The molecule has 0 fully saturated rings. The van der Waals surface area contributed by atoms with Crippen LogP contribution in [0.2, 0.25) is 0 Å². The fourth-order valence-corrected chi connectivity index (χ4v) is 1.63. The second kappa shape index (κ2) is 5.40. The standard InChI is InChI=1S/C14H19N3O2/c1-10-4-5-11(13-17-16-9-19-13)6-12(10)15-7-14(2,3)8-18/h4-6,9,15,18H,7-8H2,1-3H3. The Bertz CT molecular complexity index is 536. The van der Waals surface area contributed by atoms with Gasteiger partial charge in [0, 0.05) is 29.8 Å². The molecule has 2 rings (SSSR count). The average Bonchev–Trinajstić information content (AvgIpc) is 2.92. The van der Waals surface area contributed by atoms with Crippen LogP contribution in [-0.2, 0) is 0 Å². The Hall–Kier alpha value is -1.88. The summed E-state index contributed by atoms with van der Waals surface area (Å²) in [6, 6.07) is 5.94. The van der Waals surface area contributed by atoms with Gasteiger partial charge in [-0.25, -0.2) is 0 Å². The van der Waals surface area contributed by atoms with Crippen LogP contribution >= 0.6 is 0 Å². The Balaban J connectivity index is 2.19. The SMILES string of the molecule is Cc1ccc(-c2nnco2)cc1NCC(C)(C)CO. The molecule has 0 spiro atoms. The van der Waals surface area contributed by atoms with Crippen molar-refractivity contribution in [1.29, 1.82) is 0 Å². The number of rotatable bonds is 5. The zero-order chi connectivity index (χ0) is 13.9. The Morgan fingerprint density at radius 1 is 1.37 bits per heavy atom. The van der Waals surface area contributed by atoms with E-state index in [1.165, 1.54) is 6.39 Å². The van der Waals surface area contributed by atoms with Crippen molar-refractivity contribution in [3.63, 3.8) is 0 Å². The number of aliphatic hydroxyl groups excluding tert-OH is 1. The molecule has 2 N–H and O–H groups in total. The molecule has 0 amide bonds. The minimum atomic E-state index is -0.160. The van der Waals surface area contributed by atoms with Gasteiger partial charge >= 0.3 is 0 Å². The van der Waals surface area contributed by atoms with Crippen LogP contribution < -0.4 is 5.32 Å². The van der Waals surface area contributed by atoms with Gasteiger partial charge in [-0.2, -0.15) is 0 Å². The predicted octanol–water partition coefficient (Wildman–Crippen LogP) is 2.48.